The molecule has 0 amide bonds. The molecule has 0 aliphatic heterocycles. The number of aromatic nitrogens is 1. The van der Waals surface area contributed by atoms with Gasteiger partial charge in [0.05, 0.1) is 5.69 Å². The molecule has 1 aromatic heterocycles. The first-order valence-corrected chi connectivity index (χ1v) is 8.06. The van der Waals surface area contributed by atoms with Crippen LogP contribution in [0.15, 0.2) is 54.6 Å². The van der Waals surface area contributed by atoms with Crippen LogP contribution < -0.4 is 5.73 Å². The van der Waals surface area contributed by atoms with Crippen molar-refractivity contribution in [3.05, 3.63) is 70.7 Å². The first-order chi connectivity index (χ1) is 11.6. The van der Waals surface area contributed by atoms with E-state index in [1.807, 2.05) is 42.5 Å². The molecule has 0 fully saturated rings. The molecule has 0 aliphatic rings. The Bertz CT molecular complexity index is 925. The Kier molecular flexibility index (Phi) is 4.50. The Morgan fingerprint density at radius 1 is 1.08 bits per heavy atom. The molecule has 0 aliphatic carbocycles. The van der Waals surface area contributed by atoms with Crippen LogP contribution in [-0.2, 0) is 6.42 Å². The quantitative estimate of drug-likeness (QED) is 0.726. The normalized spacial score (nSPS) is 10.4. The number of hydrogen-bond acceptors (Lipinski definition) is 3. The number of nitrogen functional groups attached to an aromatic ring is 1. The van der Waals surface area contributed by atoms with Crippen molar-refractivity contribution in [3.8, 4) is 28.5 Å². The predicted octanol–water partition coefficient (Wildman–Crippen LogP) is 5.09. The van der Waals surface area contributed by atoms with Gasteiger partial charge >= 0.3 is 0 Å². The van der Waals surface area contributed by atoms with E-state index in [0.29, 0.717) is 16.3 Å². The molecule has 118 valence electrons. The van der Waals surface area contributed by atoms with Gasteiger partial charge in [0.25, 0.3) is 0 Å². The molecule has 0 saturated heterocycles. The highest BCUT2D eigenvalue weighted by Crippen LogP contribution is 2.33. The van der Waals surface area contributed by atoms with Crippen molar-refractivity contribution in [1.82, 2.24) is 4.98 Å². The third-order valence-corrected chi connectivity index (χ3v) is 4.31. The average Bonchev–Trinajstić information content (AvgIpc) is 2.61. The molecule has 3 aromatic rings. The molecular formula is C20H16ClN3. The van der Waals surface area contributed by atoms with E-state index in [1.165, 1.54) is 5.56 Å². The zero-order chi connectivity index (χ0) is 17.1. The fourth-order valence-corrected chi connectivity index (χ4v) is 2.87. The number of pyridine rings is 1. The van der Waals surface area contributed by atoms with Crippen LogP contribution in [0.5, 0.6) is 0 Å². The monoisotopic (exact) mass is 333 g/mol. The van der Waals surface area contributed by atoms with Gasteiger partial charge in [0, 0.05) is 16.1 Å². The maximum absolute atomic E-state index is 9.48. The number of benzene rings is 2. The van der Waals surface area contributed by atoms with E-state index in [9.17, 15) is 5.26 Å². The molecule has 0 spiro atoms. The summed E-state index contributed by atoms with van der Waals surface area (Å²) in [4.78, 5) is 4.37. The van der Waals surface area contributed by atoms with Gasteiger partial charge in [-0.1, -0.05) is 61.0 Å². The van der Waals surface area contributed by atoms with E-state index in [2.05, 4.69) is 30.1 Å². The van der Waals surface area contributed by atoms with E-state index in [4.69, 9.17) is 17.3 Å². The first-order valence-electron chi connectivity index (χ1n) is 7.69. The van der Waals surface area contributed by atoms with Gasteiger partial charge in [-0.2, -0.15) is 5.26 Å². The lowest BCUT2D eigenvalue weighted by Crippen LogP contribution is -2.00. The van der Waals surface area contributed by atoms with Crippen molar-refractivity contribution in [2.24, 2.45) is 0 Å². The Labute approximate surface area is 146 Å². The van der Waals surface area contributed by atoms with E-state index in [1.54, 1.807) is 0 Å². The second-order valence-electron chi connectivity index (χ2n) is 5.46. The summed E-state index contributed by atoms with van der Waals surface area (Å²) in [6, 6.07) is 19.6. The van der Waals surface area contributed by atoms with Gasteiger partial charge < -0.3 is 5.73 Å². The number of nitrogens with two attached hydrogens (primary N) is 1. The van der Waals surface area contributed by atoms with E-state index >= 15 is 0 Å². The minimum Gasteiger partial charge on any atom is -0.383 e. The van der Waals surface area contributed by atoms with Gasteiger partial charge in [-0.25, -0.2) is 4.98 Å². The smallest absolute Gasteiger partial charge is 0.142 e. The maximum atomic E-state index is 9.48. The number of nitrogens with zero attached hydrogens (tertiary/aromatic N) is 2. The molecule has 2 N–H and O–H groups in total. The fourth-order valence-electron chi connectivity index (χ4n) is 2.64. The zero-order valence-corrected chi connectivity index (χ0v) is 14.0. The molecule has 0 atom stereocenters. The van der Waals surface area contributed by atoms with Crippen LogP contribution in [0.2, 0.25) is 5.02 Å². The summed E-state index contributed by atoms with van der Waals surface area (Å²) in [6.07, 6.45) is 0.967. The topological polar surface area (TPSA) is 62.7 Å². The molecule has 4 heteroatoms. The number of aryl methyl sites for hydroxylation is 1. The van der Waals surface area contributed by atoms with Crippen LogP contribution >= 0.6 is 11.6 Å². The van der Waals surface area contributed by atoms with Crippen LogP contribution in [0.3, 0.4) is 0 Å². The maximum Gasteiger partial charge on any atom is 0.142 e. The summed E-state index contributed by atoms with van der Waals surface area (Å²) in [5, 5.41) is 10.1. The number of halogens is 1. The molecular weight excluding hydrogens is 318 g/mol. The van der Waals surface area contributed by atoms with Crippen LogP contribution in [0, 0.1) is 11.3 Å². The zero-order valence-electron chi connectivity index (χ0n) is 13.3. The Balaban J connectivity index is 2.21. The first kappa shape index (κ1) is 16.0. The molecule has 1 heterocycles. The number of hydrogen-bond donors (Lipinski definition) is 1. The molecule has 24 heavy (non-hydrogen) atoms. The summed E-state index contributed by atoms with van der Waals surface area (Å²) >= 11 is 6.28. The van der Waals surface area contributed by atoms with Crippen molar-refractivity contribution < 1.29 is 0 Å². The van der Waals surface area contributed by atoms with Gasteiger partial charge in [-0.3, -0.25) is 0 Å². The van der Waals surface area contributed by atoms with Gasteiger partial charge in [0.15, 0.2) is 0 Å². The second kappa shape index (κ2) is 6.74. The SMILES string of the molecule is CCc1ccc(-c2cc(-c3ccccc3Cl)nc(N)c2C#N)cc1. The predicted molar refractivity (Wildman–Crippen MR) is 98.6 cm³/mol. The summed E-state index contributed by atoms with van der Waals surface area (Å²) < 4.78 is 0. The molecule has 0 bridgehead atoms. The van der Waals surface area contributed by atoms with Gasteiger partial charge in [0.1, 0.15) is 17.5 Å². The van der Waals surface area contributed by atoms with Crippen molar-refractivity contribution in [1.29, 1.82) is 5.26 Å². The summed E-state index contributed by atoms with van der Waals surface area (Å²) in [6.45, 7) is 2.11. The number of anilines is 1. The second-order valence-corrected chi connectivity index (χ2v) is 5.86. The lowest BCUT2D eigenvalue weighted by molar-refractivity contribution is 1.14. The average molecular weight is 334 g/mol. The van der Waals surface area contributed by atoms with Crippen molar-refractivity contribution in [2.45, 2.75) is 13.3 Å². The van der Waals surface area contributed by atoms with E-state index in [-0.39, 0.29) is 5.82 Å². The summed E-state index contributed by atoms with van der Waals surface area (Å²) in [5.74, 6) is 0.212. The molecule has 0 radical (unpaired) electrons. The highest BCUT2D eigenvalue weighted by molar-refractivity contribution is 6.33. The fraction of sp³-hybridized carbons (Fsp3) is 0.100. The minimum absolute atomic E-state index is 0.212. The molecule has 3 rings (SSSR count). The van der Waals surface area contributed by atoms with Crippen molar-refractivity contribution in [3.63, 3.8) is 0 Å². The van der Waals surface area contributed by atoms with Crippen LogP contribution in [0.25, 0.3) is 22.4 Å². The molecule has 2 aromatic carbocycles. The third-order valence-electron chi connectivity index (χ3n) is 3.98. The Morgan fingerprint density at radius 2 is 1.79 bits per heavy atom. The minimum atomic E-state index is 0.212. The van der Waals surface area contributed by atoms with Gasteiger partial charge in [-0.15, -0.1) is 0 Å². The third kappa shape index (κ3) is 2.97. The molecule has 0 saturated carbocycles. The van der Waals surface area contributed by atoms with Gasteiger partial charge in [-0.05, 0) is 29.7 Å². The highest BCUT2D eigenvalue weighted by atomic mass is 35.5. The van der Waals surface area contributed by atoms with Crippen LogP contribution in [-0.4, -0.2) is 4.98 Å². The highest BCUT2D eigenvalue weighted by Gasteiger charge is 2.14. The van der Waals surface area contributed by atoms with Gasteiger partial charge in [0.2, 0.25) is 0 Å². The Hall–Kier alpha value is -2.83. The Morgan fingerprint density at radius 3 is 2.42 bits per heavy atom. The lowest BCUT2D eigenvalue weighted by atomic mass is 9.97. The van der Waals surface area contributed by atoms with Crippen molar-refractivity contribution >= 4 is 17.4 Å². The standard InChI is InChI=1S/C20H16ClN3/c1-2-13-7-9-14(10-8-13)16-11-19(24-20(23)17(16)12-22)15-5-3-4-6-18(15)21/h3-11H,2H2,1H3,(H2,23,24). The largest absolute Gasteiger partial charge is 0.383 e. The lowest BCUT2D eigenvalue weighted by Gasteiger charge is -2.11. The van der Waals surface area contributed by atoms with E-state index in [0.717, 1.165) is 23.1 Å². The summed E-state index contributed by atoms with van der Waals surface area (Å²) in [7, 11) is 0. The molecule has 0 unspecified atom stereocenters. The van der Waals surface area contributed by atoms with Crippen molar-refractivity contribution in [2.75, 3.05) is 5.73 Å². The number of rotatable bonds is 3. The molecule has 3 nitrogen and oxygen atoms in total. The van der Waals surface area contributed by atoms with Crippen LogP contribution in [0.1, 0.15) is 18.1 Å². The number of nitriles is 1. The summed E-state index contributed by atoms with van der Waals surface area (Å²) in [5.41, 5.74) is 10.8. The van der Waals surface area contributed by atoms with E-state index < -0.39 is 0 Å². The van der Waals surface area contributed by atoms with Crippen LogP contribution in [0.4, 0.5) is 5.82 Å².